The lowest BCUT2D eigenvalue weighted by atomic mass is 10.2. The van der Waals surface area contributed by atoms with E-state index >= 15 is 0 Å². The van der Waals surface area contributed by atoms with E-state index in [1.165, 1.54) is 9.35 Å². The average molecular weight is 345 g/mol. The molecule has 3 nitrogen and oxygen atoms in total. The van der Waals surface area contributed by atoms with Crippen molar-refractivity contribution in [3.8, 4) is 0 Å². The predicted octanol–water partition coefficient (Wildman–Crippen LogP) is 3.54. The fraction of sp³-hybridized carbons (Fsp3) is 0.417. The molecule has 3 heterocycles. The van der Waals surface area contributed by atoms with Crippen molar-refractivity contribution in [3.05, 3.63) is 37.4 Å². The molecule has 18 heavy (non-hydrogen) atoms. The van der Waals surface area contributed by atoms with E-state index in [2.05, 4.69) is 37.3 Å². The Morgan fingerprint density at radius 1 is 1.44 bits per heavy atom. The van der Waals surface area contributed by atoms with Crippen LogP contribution in [-0.4, -0.2) is 29.6 Å². The fourth-order valence-electron chi connectivity index (χ4n) is 2.03. The number of ether oxygens (including phenoxy) is 1. The van der Waals surface area contributed by atoms with Gasteiger partial charge in [0.25, 0.3) is 0 Å². The number of thiophene rings is 1. The van der Waals surface area contributed by atoms with Crippen LogP contribution < -0.4 is 0 Å². The largest absolute Gasteiger partial charge is 0.368 e. The second-order valence-electron chi connectivity index (χ2n) is 4.16. The molecule has 1 fully saturated rings. The highest BCUT2D eigenvalue weighted by Gasteiger charge is 2.24. The zero-order valence-electron chi connectivity index (χ0n) is 9.71. The van der Waals surface area contributed by atoms with Crippen LogP contribution in [0.5, 0.6) is 0 Å². The van der Waals surface area contributed by atoms with Gasteiger partial charge in [0.05, 0.1) is 6.61 Å². The third kappa shape index (κ3) is 2.83. The fourth-order valence-corrected chi connectivity index (χ4v) is 4.23. The van der Waals surface area contributed by atoms with Crippen molar-refractivity contribution in [1.29, 1.82) is 0 Å². The Bertz CT molecular complexity index is 500. The lowest BCUT2D eigenvalue weighted by Crippen LogP contribution is -2.37. The summed E-state index contributed by atoms with van der Waals surface area (Å²) in [7, 11) is 0. The number of nitrogens with zero attached hydrogens (tertiary/aromatic N) is 2. The van der Waals surface area contributed by atoms with Gasteiger partial charge in [0.15, 0.2) is 0 Å². The lowest BCUT2D eigenvalue weighted by molar-refractivity contribution is -0.0327. The number of hydrogen-bond donors (Lipinski definition) is 0. The summed E-state index contributed by atoms with van der Waals surface area (Å²) in [6.07, 6.45) is 1.98. The van der Waals surface area contributed by atoms with Gasteiger partial charge in [-0.2, -0.15) is 0 Å². The molecule has 1 aliphatic rings. The smallest absolute Gasteiger partial charge is 0.123 e. The van der Waals surface area contributed by atoms with Gasteiger partial charge in [0.2, 0.25) is 0 Å². The highest BCUT2D eigenvalue weighted by atomic mass is 79.9. The van der Waals surface area contributed by atoms with E-state index in [1.807, 2.05) is 11.6 Å². The van der Waals surface area contributed by atoms with E-state index in [-0.39, 0.29) is 6.10 Å². The Labute approximate surface area is 123 Å². The maximum atomic E-state index is 5.80. The van der Waals surface area contributed by atoms with Crippen LogP contribution in [0.1, 0.15) is 16.0 Å². The van der Waals surface area contributed by atoms with E-state index in [9.17, 15) is 0 Å². The van der Waals surface area contributed by atoms with Crippen molar-refractivity contribution in [3.63, 3.8) is 0 Å². The summed E-state index contributed by atoms with van der Waals surface area (Å²) in [5, 5.41) is 5.22. The minimum atomic E-state index is 0.137. The molecule has 96 valence electrons. The van der Waals surface area contributed by atoms with Crippen LogP contribution in [0.2, 0.25) is 0 Å². The molecule has 0 spiro atoms. The molecule has 2 aromatic heterocycles. The highest BCUT2D eigenvalue weighted by Crippen LogP contribution is 2.28. The molecule has 0 N–H and O–H groups in total. The van der Waals surface area contributed by atoms with Gasteiger partial charge in [0, 0.05) is 40.6 Å². The van der Waals surface area contributed by atoms with Crippen molar-refractivity contribution < 1.29 is 4.74 Å². The van der Waals surface area contributed by atoms with Crippen LogP contribution in [0.25, 0.3) is 0 Å². The standard InChI is InChI=1S/C12H13BrN2OS2/c13-9-1-5-17-11(9)8-15-3-4-16-10(7-15)12-14-2-6-18-12/h1-2,5-6,10H,3-4,7-8H2. The van der Waals surface area contributed by atoms with Gasteiger partial charge < -0.3 is 4.74 Å². The lowest BCUT2D eigenvalue weighted by Gasteiger charge is -2.31. The Balaban J connectivity index is 1.66. The molecular formula is C12H13BrN2OS2. The maximum Gasteiger partial charge on any atom is 0.123 e. The zero-order chi connectivity index (χ0) is 12.4. The molecule has 1 saturated heterocycles. The molecule has 1 atom stereocenters. The molecule has 2 aromatic rings. The van der Waals surface area contributed by atoms with Crippen LogP contribution >= 0.6 is 38.6 Å². The van der Waals surface area contributed by atoms with Crippen molar-refractivity contribution in [1.82, 2.24) is 9.88 Å². The minimum absolute atomic E-state index is 0.137. The van der Waals surface area contributed by atoms with Crippen molar-refractivity contribution in [2.45, 2.75) is 12.6 Å². The molecule has 3 rings (SSSR count). The van der Waals surface area contributed by atoms with Crippen molar-refractivity contribution in [2.24, 2.45) is 0 Å². The first-order chi connectivity index (χ1) is 8.83. The van der Waals surface area contributed by atoms with Crippen LogP contribution in [0.15, 0.2) is 27.5 Å². The summed E-state index contributed by atoms with van der Waals surface area (Å²) in [5.41, 5.74) is 0. The second-order valence-corrected chi connectivity index (χ2v) is 6.94. The summed E-state index contributed by atoms with van der Waals surface area (Å²) in [6.45, 7) is 3.70. The Hall–Kier alpha value is -0.270. The van der Waals surface area contributed by atoms with Gasteiger partial charge in [-0.05, 0) is 27.4 Å². The highest BCUT2D eigenvalue weighted by molar-refractivity contribution is 9.10. The number of aromatic nitrogens is 1. The Kier molecular flexibility index (Phi) is 4.10. The molecule has 0 aliphatic carbocycles. The Morgan fingerprint density at radius 2 is 2.39 bits per heavy atom. The van der Waals surface area contributed by atoms with Gasteiger partial charge >= 0.3 is 0 Å². The summed E-state index contributed by atoms with van der Waals surface area (Å²) in [6, 6.07) is 2.11. The first kappa shape index (κ1) is 12.7. The monoisotopic (exact) mass is 344 g/mol. The van der Waals surface area contributed by atoms with Crippen LogP contribution in [0.4, 0.5) is 0 Å². The third-order valence-electron chi connectivity index (χ3n) is 2.94. The maximum absolute atomic E-state index is 5.80. The number of thiazole rings is 1. The van der Waals surface area contributed by atoms with Gasteiger partial charge in [-0.3, -0.25) is 4.90 Å². The normalized spacial score (nSPS) is 21.3. The summed E-state index contributed by atoms with van der Waals surface area (Å²) >= 11 is 7.06. The number of hydrogen-bond acceptors (Lipinski definition) is 5. The van der Waals surface area contributed by atoms with E-state index in [4.69, 9.17) is 4.74 Å². The van der Waals surface area contributed by atoms with Crippen molar-refractivity contribution in [2.75, 3.05) is 19.7 Å². The number of morpholine rings is 1. The van der Waals surface area contributed by atoms with E-state index < -0.39 is 0 Å². The first-order valence-corrected chi connectivity index (χ1v) is 8.33. The quantitative estimate of drug-likeness (QED) is 0.851. The van der Waals surface area contributed by atoms with Gasteiger partial charge in [-0.15, -0.1) is 22.7 Å². The zero-order valence-corrected chi connectivity index (χ0v) is 12.9. The topological polar surface area (TPSA) is 25.4 Å². The van der Waals surface area contributed by atoms with Gasteiger partial charge in [-0.1, -0.05) is 0 Å². The summed E-state index contributed by atoms with van der Waals surface area (Å²) in [4.78, 5) is 8.17. The minimum Gasteiger partial charge on any atom is -0.368 e. The predicted molar refractivity (Wildman–Crippen MR) is 78.1 cm³/mol. The van der Waals surface area contributed by atoms with Crippen molar-refractivity contribution >= 4 is 38.6 Å². The summed E-state index contributed by atoms with van der Waals surface area (Å²) < 4.78 is 7.01. The molecule has 1 unspecified atom stereocenters. The molecule has 0 saturated carbocycles. The van der Waals surface area contributed by atoms with Gasteiger partial charge in [-0.25, -0.2) is 4.98 Å². The molecule has 6 heteroatoms. The SMILES string of the molecule is Brc1ccsc1CN1CCOC(c2nccs2)C1. The average Bonchev–Trinajstić information content (AvgIpc) is 3.02. The summed E-state index contributed by atoms with van der Waals surface area (Å²) in [5.74, 6) is 0. The number of rotatable bonds is 3. The van der Waals surface area contributed by atoms with Crippen LogP contribution in [0.3, 0.4) is 0 Å². The first-order valence-electron chi connectivity index (χ1n) is 5.78. The molecular weight excluding hydrogens is 332 g/mol. The molecule has 0 bridgehead atoms. The van der Waals surface area contributed by atoms with E-state index in [0.29, 0.717) is 0 Å². The third-order valence-corrected chi connectivity index (χ3v) is 5.71. The van der Waals surface area contributed by atoms with Crippen LogP contribution in [-0.2, 0) is 11.3 Å². The van der Waals surface area contributed by atoms with E-state index in [0.717, 1.165) is 31.2 Å². The molecule has 0 amide bonds. The number of halogens is 1. The van der Waals surface area contributed by atoms with E-state index in [1.54, 1.807) is 22.7 Å². The Morgan fingerprint density at radius 3 is 3.11 bits per heavy atom. The molecule has 1 aliphatic heterocycles. The van der Waals surface area contributed by atoms with Crippen LogP contribution in [0, 0.1) is 0 Å². The van der Waals surface area contributed by atoms with Gasteiger partial charge in [0.1, 0.15) is 11.1 Å². The molecule has 0 aromatic carbocycles. The second kappa shape index (κ2) is 5.79. The molecule has 0 radical (unpaired) electrons.